The zero-order chi connectivity index (χ0) is 38.1. The van der Waals surface area contributed by atoms with Gasteiger partial charge in [-0.1, -0.05) is 47.5 Å². The van der Waals surface area contributed by atoms with Crippen molar-refractivity contribution in [2.75, 3.05) is 21.9 Å². The second-order valence-electron chi connectivity index (χ2n) is 11.4. The third kappa shape index (κ3) is 8.29. The number of nitrogens with two attached hydrogens (primary N) is 1. The SMILES string of the molecule is COC(=O)c1cc(NS(=O)(=O)c2ccc3ccc(N=C(N)Nc4ccc5ccc(S(=O)(=O)Nc6ccc(Cl)c(C(=O)O)c6)cc5c4)cc3c2)ccc1Cl. The van der Waals surface area contributed by atoms with E-state index in [-0.39, 0.29) is 48.3 Å². The van der Waals surface area contributed by atoms with Crippen molar-refractivity contribution in [3.05, 3.63) is 130 Å². The molecule has 0 spiro atoms. The molecule has 6 aromatic carbocycles. The molecule has 6 aromatic rings. The Bertz CT molecular complexity index is 2730. The molecule has 0 radical (unpaired) electrons. The fourth-order valence-electron chi connectivity index (χ4n) is 5.27. The largest absolute Gasteiger partial charge is 0.478 e. The van der Waals surface area contributed by atoms with Crippen molar-refractivity contribution >= 4 is 105 Å². The van der Waals surface area contributed by atoms with Gasteiger partial charge in [0.2, 0.25) is 0 Å². The van der Waals surface area contributed by atoms with E-state index < -0.39 is 32.0 Å². The Morgan fingerprint density at radius 2 is 1.13 bits per heavy atom. The quantitative estimate of drug-likeness (QED) is 0.0526. The number of carboxylic acid groups (broad SMARTS) is 1. The summed E-state index contributed by atoms with van der Waals surface area (Å²) in [6.07, 6.45) is 0. The van der Waals surface area contributed by atoms with Crippen molar-refractivity contribution in [1.82, 2.24) is 0 Å². The van der Waals surface area contributed by atoms with Crippen LogP contribution in [0.4, 0.5) is 22.7 Å². The van der Waals surface area contributed by atoms with Gasteiger partial charge in [0, 0.05) is 17.1 Å². The zero-order valence-electron chi connectivity index (χ0n) is 27.3. The number of benzene rings is 6. The van der Waals surface area contributed by atoms with E-state index >= 15 is 0 Å². The van der Waals surface area contributed by atoms with E-state index in [0.29, 0.717) is 22.1 Å². The van der Waals surface area contributed by atoms with E-state index in [4.69, 9.17) is 33.7 Å². The summed E-state index contributed by atoms with van der Waals surface area (Å²) < 4.78 is 62.4. The molecule has 0 atom stereocenters. The number of carboxylic acids is 1. The topological polar surface area (TPSA) is 206 Å². The van der Waals surface area contributed by atoms with E-state index in [0.717, 1.165) is 16.8 Å². The number of guanidine groups is 1. The summed E-state index contributed by atoms with van der Waals surface area (Å²) in [5.74, 6) is -2.01. The fraction of sp³-hybridized carbons (Fsp3) is 0.0278. The number of hydrogen-bond acceptors (Lipinski definition) is 8. The summed E-state index contributed by atoms with van der Waals surface area (Å²) in [6.45, 7) is 0. The van der Waals surface area contributed by atoms with Crippen LogP contribution in [0.15, 0.2) is 124 Å². The number of ether oxygens (including phenoxy) is 1. The Labute approximate surface area is 313 Å². The van der Waals surface area contributed by atoms with Gasteiger partial charge in [0.05, 0.1) is 43.8 Å². The van der Waals surface area contributed by atoms with Crippen molar-refractivity contribution in [3.63, 3.8) is 0 Å². The minimum absolute atomic E-state index is 0.000655. The highest BCUT2D eigenvalue weighted by molar-refractivity contribution is 7.93. The standard InChI is InChI=1S/C36H27Cl2N5O8S2/c1-51-35(46)31-19-27(9-13-33(31)38)43-53(49,50)29-11-5-21-3-7-25(15-23(21)17-29)41-36(39)40-24-6-2-20-4-10-28(16-22(20)14-24)52(47,48)42-26-8-12-32(37)30(18-26)34(44)45/h2-19,42-43H,1H3,(H,44,45)(H3,39,40,41). The molecule has 6 rings (SSSR count). The molecule has 0 saturated heterocycles. The van der Waals surface area contributed by atoms with Crippen LogP contribution >= 0.6 is 23.2 Å². The van der Waals surface area contributed by atoms with Gasteiger partial charge in [-0.25, -0.2) is 31.4 Å². The van der Waals surface area contributed by atoms with Crippen LogP contribution in [0.5, 0.6) is 0 Å². The summed E-state index contributed by atoms with van der Waals surface area (Å²) >= 11 is 12.0. The maximum atomic E-state index is 13.3. The molecule has 6 N–H and O–H groups in total. The number of carbonyl (C=O) groups is 2. The Balaban J connectivity index is 1.21. The van der Waals surface area contributed by atoms with Gasteiger partial charge in [0.15, 0.2) is 5.96 Å². The maximum absolute atomic E-state index is 13.3. The highest BCUT2D eigenvalue weighted by Gasteiger charge is 2.19. The molecule has 0 aliphatic heterocycles. The minimum atomic E-state index is -4.11. The molecule has 0 saturated carbocycles. The minimum Gasteiger partial charge on any atom is -0.478 e. The van der Waals surface area contributed by atoms with Crippen molar-refractivity contribution < 1.29 is 36.3 Å². The van der Waals surface area contributed by atoms with E-state index in [1.807, 2.05) is 0 Å². The number of halogens is 2. The zero-order valence-corrected chi connectivity index (χ0v) is 30.4. The molecule has 53 heavy (non-hydrogen) atoms. The Kier molecular flexibility index (Phi) is 10.2. The number of fused-ring (bicyclic) bond motifs is 2. The number of rotatable bonds is 10. The monoisotopic (exact) mass is 791 g/mol. The predicted molar refractivity (Wildman–Crippen MR) is 206 cm³/mol. The number of carbonyl (C=O) groups excluding carboxylic acids is 1. The smallest absolute Gasteiger partial charge is 0.339 e. The van der Waals surface area contributed by atoms with Crippen LogP contribution in [-0.4, -0.2) is 47.0 Å². The van der Waals surface area contributed by atoms with Crippen LogP contribution in [0.3, 0.4) is 0 Å². The molecule has 17 heteroatoms. The Morgan fingerprint density at radius 1 is 0.642 bits per heavy atom. The second-order valence-corrected chi connectivity index (χ2v) is 15.6. The molecule has 0 amide bonds. The third-order valence-electron chi connectivity index (χ3n) is 7.82. The Morgan fingerprint density at radius 3 is 1.70 bits per heavy atom. The summed E-state index contributed by atoms with van der Waals surface area (Å²) in [7, 11) is -7.00. The highest BCUT2D eigenvalue weighted by atomic mass is 35.5. The molecule has 0 bridgehead atoms. The normalized spacial score (nSPS) is 12.0. The summed E-state index contributed by atoms with van der Waals surface area (Å²) in [5.41, 5.74) is 7.05. The average molecular weight is 793 g/mol. The van der Waals surface area contributed by atoms with Gasteiger partial charge in [0.1, 0.15) is 0 Å². The summed E-state index contributed by atoms with van der Waals surface area (Å²) in [4.78, 5) is 27.8. The molecular weight excluding hydrogens is 765 g/mol. The molecule has 0 aliphatic rings. The fourth-order valence-corrected chi connectivity index (χ4v) is 7.83. The van der Waals surface area contributed by atoms with Gasteiger partial charge < -0.3 is 20.9 Å². The van der Waals surface area contributed by atoms with E-state index in [1.54, 1.807) is 48.5 Å². The first-order valence-electron chi connectivity index (χ1n) is 15.3. The van der Waals surface area contributed by atoms with E-state index in [2.05, 4.69) is 19.8 Å². The molecular formula is C36H27Cl2N5O8S2. The highest BCUT2D eigenvalue weighted by Crippen LogP contribution is 2.29. The molecule has 0 aliphatic carbocycles. The second kappa shape index (κ2) is 14.6. The van der Waals surface area contributed by atoms with Crippen LogP contribution in [-0.2, 0) is 24.8 Å². The Hall–Kier alpha value is -5.87. The molecule has 0 fully saturated rings. The number of sulfonamides is 2. The number of nitrogens with zero attached hydrogens (tertiary/aromatic N) is 1. The van der Waals surface area contributed by atoms with Gasteiger partial charge in [0.25, 0.3) is 20.0 Å². The lowest BCUT2D eigenvalue weighted by Crippen LogP contribution is -2.21. The van der Waals surface area contributed by atoms with Gasteiger partial charge in [-0.2, -0.15) is 0 Å². The molecule has 0 heterocycles. The van der Waals surface area contributed by atoms with Crippen LogP contribution < -0.4 is 20.5 Å². The van der Waals surface area contributed by atoms with Crippen LogP contribution in [0, 0.1) is 0 Å². The predicted octanol–water partition coefficient (Wildman–Crippen LogP) is 7.44. The van der Waals surface area contributed by atoms with Crippen LogP contribution in [0.25, 0.3) is 21.5 Å². The van der Waals surface area contributed by atoms with Gasteiger partial charge >= 0.3 is 11.9 Å². The van der Waals surface area contributed by atoms with Gasteiger partial charge in [-0.3, -0.25) is 9.44 Å². The first-order valence-corrected chi connectivity index (χ1v) is 19.0. The van der Waals surface area contributed by atoms with Crippen molar-refractivity contribution in [3.8, 4) is 0 Å². The number of aliphatic imine (C=N–C) groups is 1. The van der Waals surface area contributed by atoms with Crippen LogP contribution in [0.1, 0.15) is 20.7 Å². The maximum Gasteiger partial charge on any atom is 0.339 e. The van der Waals surface area contributed by atoms with Gasteiger partial charge in [-0.05, 0) is 106 Å². The third-order valence-corrected chi connectivity index (χ3v) is 11.2. The average Bonchev–Trinajstić information content (AvgIpc) is 3.11. The number of hydrogen-bond donors (Lipinski definition) is 5. The lowest BCUT2D eigenvalue weighted by Gasteiger charge is -2.12. The first-order chi connectivity index (χ1) is 25.1. The van der Waals surface area contributed by atoms with Gasteiger partial charge in [-0.15, -0.1) is 0 Å². The molecule has 270 valence electrons. The molecule has 13 nitrogen and oxygen atoms in total. The van der Waals surface area contributed by atoms with Crippen molar-refractivity contribution in [1.29, 1.82) is 0 Å². The molecule has 0 unspecified atom stereocenters. The lowest BCUT2D eigenvalue weighted by molar-refractivity contribution is 0.0600. The first kappa shape index (κ1) is 36.9. The number of nitrogens with one attached hydrogen (secondary N) is 3. The van der Waals surface area contributed by atoms with Crippen molar-refractivity contribution in [2.45, 2.75) is 9.79 Å². The van der Waals surface area contributed by atoms with E-state index in [9.17, 15) is 31.5 Å². The number of esters is 1. The number of anilines is 3. The lowest BCUT2D eigenvalue weighted by atomic mass is 10.1. The molecule has 0 aromatic heterocycles. The number of methoxy groups -OCH3 is 1. The van der Waals surface area contributed by atoms with E-state index in [1.165, 1.54) is 61.7 Å². The van der Waals surface area contributed by atoms with Crippen molar-refractivity contribution in [2.24, 2.45) is 10.7 Å². The summed E-state index contributed by atoms with van der Waals surface area (Å²) in [6, 6.07) is 27.2. The summed E-state index contributed by atoms with van der Waals surface area (Å²) in [5, 5.41) is 15.0. The van der Waals surface area contributed by atoms with Crippen LogP contribution in [0.2, 0.25) is 10.0 Å². The number of aromatic carboxylic acids is 1.